The Kier molecular flexibility index (Phi) is 5.92. The molecule has 0 spiro atoms. The molecule has 3 heterocycles. The van der Waals surface area contributed by atoms with E-state index >= 15 is 0 Å². The van der Waals surface area contributed by atoms with E-state index in [9.17, 15) is 14.4 Å². The second-order valence-electron chi connectivity index (χ2n) is 8.42. The topological polar surface area (TPSA) is 107 Å². The van der Waals surface area contributed by atoms with E-state index < -0.39 is 0 Å². The molecule has 1 aliphatic carbocycles. The number of nitrogens with zero attached hydrogens (tertiary/aromatic N) is 2. The molecule has 2 amide bonds. The number of aryl methyl sites for hydroxylation is 1. The summed E-state index contributed by atoms with van der Waals surface area (Å²) in [6.07, 6.45) is 3.72. The Morgan fingerprint density at radius 2 is 1.94 bits per heavy atom. The minimum atomic E-state index is -0.309. The lowest BCUT2D eigenvalue weighted by atomic mass is 9.88. The van der Waals surface area contributed by atoms with Crippen LogP contribution in [-0.4, -0.2) is 54.7 Å². The van der Waals surface area contributed by atoms with Crippen molar-refractivity contribution in [1.29, 1.82) is 0 Å². The number of esters is 1. The van der Waals surface area contributed by atoms with Gasteiger partial charge >= 0.3 is 5.97 Å². The second-order valence-corrected chi connectivity index (χ2v) is 9.50. The smallest absolute Gasteiger partial charge is 0.308 e. The zero-order valence-electron chi connectivity index (χ0n) is 18.3. The summed E-state index contributed by atoms with van der Waals surface area (Å²) in [7, 11) is 1.40. The fourth-order valence-electron chi connectivity index (χ4n) is 4.64. The van der Waals surface area contributed by atoms with Gasteiger partial charge in [0.2, 0.25) is 12.7 Å². The van der Waals surface area contributed by atoms with Gasteiger partial charge in [0.05, 0.1) is 24.6 Å². The van der Waals surface area contributed by atoms with Gasteiger partial charge in [-0.1, -0.05) is 0 Å². The maximum Gasteiger partial charge on any atom is 0.308 e. The molecule has 1 fully saturated rings. The molecule has 0 bridgehead atoms. The SMILES string of the molecule is COC(=O)C1CCN(C(=O)[C@@H]2CCCc3sc(NC(=O)c4ccc5c(c4)OCO5)nc32)CC1. The largest absolute Gasteiger partial charge is 0.469 e. The Morgan fingerprint density at radius 1 is 1.15 bits per heavy atom. The number of hydrogen-bond donors (Lipinski definition) is 1. The third-order valence-corrected chi connectivity index (χ3v) is 7.50. The quantitative estimate of drug-likeness (QED) is 0.683. The molecule has 5 rings (SSSR count). The second kappa shape index (κ2) is 9.01. The first-order chi connectivity index (χ1) is 16.0. The van der Waals surface area contributed by atoms with Crippen LogP contribution in [0.3, 0.4) is 0 Å². The minimum absolute atomic E-state index is 0.0539. The molecule has 1 atom stereocenters. The number of aromatic nitrogens is 1. The van der Waals surface area contributed by atoms with Gasteiger partial charge in [-0.25, -0.2) is 4.98 Å². The average molecular weight is 472 g/mol. The van der Waals surface area contributed by atoms with E-state index in [1.807, 2.05) is 4.90 Å². The van der Waals surface area contributed by atoms with Gasteiger partial charge in [-0.3, -0.25) is 19.7 Å². The number of benzene rings is 1. The molecular weight excluding hydrogens is 446 g/mol. The third kappa shape index (κ3) is 4.27. The summed E-state index contributed by atoms with van der Waals surface area (Å²) in [4.78, 5) is 45.3. The van der Waals surface area contributed by atoms with Crippen molar-refractivity contribution in [1.82, 2.24) is 9.88 Å². The van der Waals surface area contributed by atoms with Crippen LogP contribution in [0.15, 0.2) is 18.2 Å². The number of likely N-dealkylation sites (tertiary alicyclic amines) is 1. The van der Waals surface area contributed by atoms with Crippen LogP contribution in [0.2, 0.25) is 0 Å². The molecule has 10 heteroatoms. The maximum absolute atomic E-state index is 13.3. The first kappa shape index (κ1) is 21.7. The molecule has 2 aliphatic heterocycles. The Hall–Kier alpha value is -3.14. The molecule has 1 saturated heterocycles. The van der Waals surface area contributed by atoms with Crippen LogP contribution in [0, 0.1) is 5.92 Å². The molecule has 3 aliphatic rings. The Labute approximate surface area is 195 Å². The van der Waals surface area contributed by atoms with Gasteiger partial charge in [-0.15, -0.1) is 11.3 Å². The summed E-state index contributed by atoms with van der Waals surface area (Å²) in [5.74, 6) is 0.278. The number of nitrogens with one attached hydrogen (secondary N) is 1. The summed E-state index contributed by atoms with van der Waals surface area (Å²) in [6, 6.07) is 5.04. The number of rotatable bonds is 4. The van der Waals surface area contributed by atoms with Gasteiger partial charge in [0.25, 0.3) is 5.91 Å². The fraction of sp³-hybridized carbons (Fsp3) is 0.478. The average Bonchev–Trinajstić information content (AvgIpc) is 3.48. The van der Waals surface area contributed by atoms with Crippen LogP contribution in [-0.2, 0) is 20.7 Å². The first-order valence-corrected chi connectivity index (χ1v) is 11.9. The zero-order valence-corrected chi connectivity index (χ0v) is 19.1. The number of fused-ring (bicyclic) bond motifs is 2. The molecule has 1 aromatic heterocycles. The number of carbonyl (C=O) groups excluding carboxylic acids is 3. The predicted octanol–water partition coefficient (Wildman–Crippen LogP) is 2.96. The van der Waals surface area contributed by atoms with Crippen LogP contribution in [0.5, 0.6) is 11.5 Å². The van der Waals surface area contributed by atoms with Gasteiger partial charge in [-0.05, 0) is 50.3 Å². The van der Waals surface area contributed by atoms with Crippen molar-refractivity contribution >= 4 is 34.3 Å². The van der Waals surface area contributed by atoms with Crippen molar-refractivity contribution in [3.05, 3.63) is 34.3 Å². The Balaban J connectivity index is 1.27. The summed E-state index contributed by atoms with van der Waals surface area (Å²) in [5, 5.41) is 3.36. The molecular formula is C23H25N3O6S. The highest BCUT2D eigenvalue weighted by molar-refractivity contribution is 7.16. The van der Waals surface area contributed by atoms with E-state index in [0.29, 0.717) is 48.1 Å². The van der Waals surface area contributed by atoms with E-state index in [1.54, 1.807) is 18.2 Å². The monoisotopic (exact) mass is 471 g/mol. The maximum atomic E-state index is 13.3. The summed E-state index contributed by atoms with van der Waals surface area (Å²) < 4.78 is 15.5. The van der Waals surface area contributed by atoms with Crippen molar-refractivity contribution in [3.63, 3.8) is 0 Å². The van der Waals surface area contributed by atoms with Crippen LogP contribution >= 0.6 is 11.3 Å². The first-order valence-electron chi connectivity index (χ1n) is 11.1. The van der Waals surface area contributed by atoms with Gasteiger partial charge in [-0.2, -0.15) is 0 Å². The van der Waals surface area contributed by atoms with Crippen LogP contribution in [0.1, 0.15) is 52.5 Å². The van der Waals surface area contributed by atoms with E-state index in [0.717, 1.165) is 29.8 Å². The predicted molar refractivity (Wildman–Crippen MR) is 120 cm³/mol. The number of methoxy groups -OCH3 is 1. The Morgan fingerprint density at radius 3 is 2.73 bits per heavy atom. The minimum Gasteiger partial charge on any atom is -0.469 e. The standard InChI is InChI=1S/C23H25N3O6S/c1-30-22(29)13-7-9-26(10-8-13)21(28)15-3-2-4-18-19(15)24-23(33-18)25-20(27)14-5-6-16-17(11-14)32-12-31-16/h5-6,11,13,15H,2-4,7-10,12H2,1H3,(H,24,25,27)/t15-/m1/s1. The van der Waals surface area contributed by atoms with Gasteiger partial charge < -0.3 is 19.1 Å². The molecule has 9 nitrogen and oxygen atoms in total. The third-order valence-electron chi connectivity index (χ3n) is 6.45. The van der Waals surface area contributed by atoms with Gasteiger partial charge in [0.1, 0.15) is 0 Å². The number of piperidine rings is 1. The van der Waals surface area contributed by atoms with Gasteiger partial charge in [0, 0.05) is 23.5 Å². The summed E-state index contributed by atoms with van der Waals surface area (Å²) in [6.45, 7) is 1.24. The van der Waals surface area contributed by atoms with E-state index in [-0.39, 0.29) is 36.4 Å². The highest BCUT2D eigenvalue weighted by Gasteiger charge is 2.36. The molecule has 174 valence electrons. The van der Waals surface area contributed by atoms with Crippen molar-refractivity contribution in [2.45, 2.75) is 38.0 Å². The number of hydrogen-bond acceptors (Lipinski definition) is 8. The molecule has 1 aromatic carbocycles. The fourth-order valence-corrected chi connectivity index (χ4v) is 5.70. The van der Waals surface area contributed by atoms with E-state index in [4.69, 9.17) is 14.2 Å². The lowest BCUT2D eigenvalue weighted by molar-refractivity contribution is -0.149. The highest BCUT2D eigenvalue weighted by Crippen LogP contribution is 2.39. The number of anilines is 1. The lowest BCUT2D eigenvalue weighted by Gasteiger charge is -2.34. The lowest BCUT2D eigenvalue weighted by Crippen LogP contribution is -2.43. The van der Waals surface area contributed by atoms with Crippen molar-refractivity contribution < 1.29 is 28.6 Å². The van der Waals surface area contributed by atoms with Crippen molar-refractivity contribution in [2.75, 3.05) is 32.3 Å². The number of thiazole rings is 1. The number of carbonyl (C=O) groups is 3. The van der Waals surface area contributed by atoms with Crippen molar-refractivity contribution in [3.8, 4) is 11.5 Å². The van der Waals surface area contributed by atoms with Crippen LogP contribution in [0.4, 0.5) is 5.13 Å². The molecule has 1 N–H and O–H groups in total. The van der Waals surface area contributed by atoms with Gasteiger partial charge in [0.15, 0.2) is 16.6 Å². The normalized spacial score (nSPS) is 19.7. The van der Waals surface area contributed by atoms with Crippen molar-refractivity contribution in [2.24, 2.45) is 5.92 Å². The zero-order chi connectivity index (χ0) is 22.9. The molecule has 2 aromatic rings. The van der Waals surface area contributed by atoms with Crippen LogP contribution in [0.25, 0.3) is 0 Å². The van der Waals surface area contributed by atoms with Crippen LogP contribution < -0.4 is 14.8 Å². The molecule has 0 radical (unpaired) electrons. The highest BCUT2D eigenvalue weighted by atomic mass is 32.1. The molecule has 33 heavy (non-hydrogen) atoms. The number of ether oxygens (including phenoxy) is 3. The summed E-state index contributed by atoms with van der Waals surface area (Å²) in [5.41, 5.74) is 1.22. The van der Waals surface area contributed by atoms with E-state index in [2.05, 4.69) is 10.3 Å². The number of amides is 2. The molecule has 0 unspecified atom stereocenters. The Bertz CT molecular complexity index is 1090. The summed E-state index contributed by atoms with van der Waals surface area (Å²) >= 11 is 1.43. The molecule has 0 saturated carbocycles. The van der Waals surface area contributed by atoms with E-state index in [1.165, 1.54) is 18.4 Å².